The van der Waals surface area contributed by atoms with Gasteiger partial charge in [0.2, 0.25) is 0 Å². The summed E-state index contributed by atoms with van der Waals surface area (Å²) in [5, 5.41) is 0. The van der Waals surface area contributed by atoms with Crippen LogP contribution < -0.4 is 0 Å². The molecule has 0 radical (unpaired) electrons. The zero-order chi connectivity index (χ0) is 13.9. The Morgan fingerprint density at radius 1 is 0.944 bits per heavy atom. The summed E-state index contributed by atoms with van der Waals surface area (Å²) in [6.07, 6.45) is -3.24. The highest BCUT2D eigenvalue weighted by molar-refractivity contribution is 5.27. The smallest absolute Gasteiger partial charge is 0.166 e. The van der Waals surface area contributed by atoms with Crippen LogP contribution in [0.2, 0.25) is 0 Å². The van der Waals surface area contributed by atoms with E-state index in [9.17, 15) is 13.2 Å². The minimum Gasteiger partial charge on any atom is -0.166 e. The van der Waals surface area contributed by atoms with Crippen LogP contribution in [0, 0.1) is 11.8 Å². The van der Waals surface area contributed by atoms with Crippen LogP contribution >= 0.6 is 0 Å². The zero-order valence-corrected chi connectivity index (χ0v) is 11.4. The third kappa shape index (κ3) is 4.04. The Kier molecular flexibility index (Phi) is 4.83. The third-order valence-corrected chi connectivity index (χ3v) is 3.20. The molecule has 102 valence electrons. The third-order valence-electron chi connectivity index (χ3n) is 3.20. The molecule has 0 aliphatic heterocycles. The molecule has 1 rings (SSSR count). The SMILES string of the molecule is CC(C)CC(c1ccc(C(F)(F)F)cc1)C(C)C. The predicted molar refractivity (Wildman–Crippen MR) is 68.5 cm³/mol. The molecule has 1 aromatic carbocycles. The van der Waals surface area contributed by atoms with E-state index in [0.29, 0.717) is 17.8 Å². The average molecular weight is 258 g/mol. The first-order chi connectivity index (χ1) is 8.21. The van der Waals surface area contributed by atoms with Crippen LogP contribution in [0.1, 0.15) is 51.2 Å². The van der Waals surface area contributed by atoms with Crippen LogP contribution in [0.3, 0.4) is 0 Å². The number of halogens is 3. The van der Waals surface area contributed by atoms with Crippen molar-refractivity contribution >= 4 is 0 Å². The fourth-order valence-electron chi connectivity index (χ4n) is 2.22. The van der Waals surface area contributed by atoms with Crippen LogP contribution in [-0.4, -0.2) is 0 Å². The molecule has 0 saturated heterocycles. The van der Waals surface area contributed by atoms with Gasteiger partial charge >= 0.3 is 6.18 Å². The molecule has 18 heavy (non-hydrogen) atoms. The van der Waals surface area contributed by atoms with Crippen LogP contribution in [0.4, 0.5) is 13.2 Å². The van der Waals surface area contributed by atoms with Crippen LogP contribution in [-0.2, 0) is 6.18 Å². The van der Waals surface area contributed by atoms with E-state index in [1.807, 2.05) is 0 Å². The van der Waals surface area contributed by atoms with E-state index in [0.717, 1.165) is 12.0 Å². The van der Waals surface area contributed by atoms with E-state index in [1.54, 1.807) is 12.1 Å². The fourth-order valence-corrected chi connectivity index (χ4v) is 2.22. The molecule has 0 nitrogen and oxygen atoms in total. The number of hydrogen-bond acceptors (Lipinski definition) is 0. The molecule has 1 atom stereocenters. The standard InChI is InChI=1S/C15H21F3/c1-10(2)9-14(11(3)4)12-5-7-13(8-6-12)15(16,17)18/h5-8,10-11,14H,9H2,1-4H3. The van der Waals surface area contributed by atoms with Crippen molar-refractivity contribution < 1.29 is 13.2 Å². The molecule has 0 aliphatic carbocycles. The van der Waals surface area contributed by atoms with Crippen LogP contribution in [0.25, 0.3) is 0 Å². The van der Waals surface area contributed by atoms with E-state index in [4.69, 9.17) is 0 Å². The summed E-state index contributed by atoms with van der Waals surface area (Å²) in [4.78, 5) is 0. The average Bonchev–Trinajstić information content (AvgIpc) is 2.24. The monoisotopic (exact) mass is 258 g/mol. The van der Waals surface area contributed by atoms with Crippen molar-refractivity contribution in [3.63, 3.8) is 0 Å². The molecular weight excluding hydrogens is 237 g/mol. The summed E-state index contributed by atoms with van der Waals surface area (Å²) < 4.78 is 37.5. The topological polar surface area (TPSA) is 0 Å². The highest BCUT2D eigenvalue weighted by Crippen LogP contribution is 2.34. The summed E-state index contributed by atoms with van der Waals surface area (Å²) in [5.74, 6) is 1.30. The molecule has 0 spiro atoms. The van der Waals surface area contributed by atoms with Gasteiger partial charge in [0.05, 0.1) is 5.56 Å². The maximum Gasteiger partial charge on any atom is 0.416 e. The molecule has 3 heteroatoms. The Hall–Kier alpha value is -0.990. The summed E-state index contributed by atoms with van der Waals surface area (Å²) in [6.45, 7) is 8.51. The van der Waals surface area contributed by atoms with Gasteiger partial charge in [-0.2, -0.15) is 13.2 Å². The van der Waals surface area contributed by atoms with E-state index >= 15 is 0 Å². The molecular formula is C15H21F3. The van der Waals surface area contributed by atoms with Gasteiger partial charge in [-0.1, -0.05) is 39.8 Å². The lowest BCUT2D eigenvalue weighted by Gasteiger charge is -2.23. The second-order valence-electron chi connectivity index (χ2n) is 5.60. The number of alkyl halides is 3. The molecule has 0 aliphatic rings. The lowest BCUT2D eigenvalue weighted by molar-refractivity contribution is -0.137. The Morgan fingerprint density at radius 3 is 1.78 bits per heavy atom. The van der Waals surface area contributed by atoms with Crippen molar-refractivity contribution in [3.05, 3.63) is 35.4 Å². The second kappa shape index (κ2) is 5.77. The second-order valence-corrected chi connectivity index (χ2v) is 5.60. The first-order valence-corrected chi connectivity index (χ1v) is 6.39. The first-order valence-electron chi connectivity index (χ1n) is 6.39. The van der Waals surface area contributed by atoms with Gasteiger partial charge < -0.3 is 0 Å². The Bertz CT molecular complexity index is 360. The Labute approximate surface area is 107 Å². The van der Waals surface area contributed by atoms with Gasteiger partial charge in [-0.25, -0.2) is 0 Å². The van der Waals surface area contributed by atoms with Crippen molar-refractivity contribution in [1.82, 2.24) is 0 Å². The van der Waals surface area contributed by atoms with Gasteiger partial charge in [0.25, 0.3) is 0 Å². The van der Waals surface area contributed by atoms with Crippen molar-refractivity contribution in [2.75, 3.05) is 0 Å². The minimum absolute atomic E-state index is 0.326. The Balaban J connectivity index is 2.94. The normalized spacial score (nSPS) is 14.3. The molecule has 0 bridgehead atoms. The largest absolute Gasteiger partial charge is 0.416 e. The van der Waals surface area contributed by atoms with E-state index in [-0.39, 0.29) is 0 Å². The summed E-state index contributed by atoms with van der Waals surface area (Å²) in [5.41, 5.74) is 0.435. The fraction of sp³-hybridized carbons (Fsp3) is 0.600. The maximum absolute atomic E-state index is 12.5. The zero-order valence-electron chi connectivity index (χ0n) is 11.4. The summed E-state index contributed by atoms with van der Waals surface area (Å²) in [6, 6.07) is 5.61. The summed E-state index contributed by atoms with van der Waals surface area (Å²) >= 11 is 0. The lowest BCUT2D eigenvalue weighted by atomic mass is 9.82. The highest BCUT2D eigenvalue weighted by atomic mass is 19.4. The quantitative estimate of drug-likeness (QED) is 0.669. The van der Waals surface area contributed by atoms with Crippen LogP contribution in [0.15, 0.2) is 24.3 Å². The van der Waals surface area contributed by atoms with Gasteiger partial charge in [-0.15, -0.1) is 0 Å². The molecule has 0 fully saturated rings. The first kappa shape index (κ1) is 15.1. The molecule has 0 saturated carbocycles. The Morgan fingerprint density at radius 2 is 1.44 bits per heavy atom. The van der Waals surface area contributed by atoms with Gasteiger partial charge in [0, 0.05) is 0 Å². The van der Waals surface area contributed by atoms with E-state index < -0.39 is 11.7 Å². The van der Waals surface area contributed by atoms with Crippen molar-refractivity contribution in [1.29, 1.82) is 0 Å². The molecule has 1 unspecified atom stereocenters. The van der Waals surface area contributed by atoms with E-state index in [2.05, 4.69) is 27.7 Å². The van der Waals surface area contributed by atoms with Gasteiger partial charge in [0.1, 0.15) is 0 Å². The molecule has 0 aromatic heterocycles. The van der Waals surface area contributed by atoms with Gasteiger partial charge in [-0.3, -0.25) is 0 Å². The predicted octanol–water partition coefficient (Wildman–Crippen LogP) is 5.49. The van der Waals surface area contributed by atoms with E-state index in [1.165, 1.54) is 12.1 Å². The van der Waals surface area contributed by atoms with Crippen molar-refractivity contribution in [3.8, 4) is 0 Å². The van der Waals surface area contributed by atoms with Crippen LogP contribution in [0.5, 0.6) is 0 Å². The maximum atomic E-state index is 12.5. The van der Waals surface area contributed by atoms with Gasteiger partial charge in [-0.05, 0) is 41.9 Å². The van der Waals surface area contributed by atoms with Crippen molar-refractivity contribution in [2.24, 2.45) is 11.8 Å². The molecule has 1 aromatic rings. The highest BCUT2D eigenvalue weighted by Gasteiger charge is 2.30. The van der Waals surface area contributed by atoms with Crippen molar-refractivity contribution in [2.45, 2.75) is 46.2 Å². The number of benzene rings is 1. The number of rotatable bonds is 4. The lowest BCUT2D eigenvalue weighted by Crippen LogP contribution is -2.11. The number of hydrogen-bond donors (Lipinski definition) is 0. The molecule has 0 heterocycles. The molecule has 0 N–H and O–H groups in total. The van der Waals surface area contributed by atoms with Gasteiger partial charge in [0.15, 0.2) is 0 Å². The summed E-state index contributed by atoms with van der Waals surface area (Å²) in [7, 11) is 0. The minimum atomic E-state index is -4.25. The molecule has 0 amide bonds.